The lowest BCUT2D eigenvalue weighted by atomic mass is 9.91. The van der Waals surface area contributed by atoms with E-state index < -0.39 is 0 Å². The van der Waals surface area contributed by atoms with Gasteiger partial charge in [-0.05, 0) is 38.0 Å². The quantitative estimate of drug-likeness (QED) is 0.481. The predicted molar refractivity (Wildman–Crippen MR) is 127 cm³/mol. The maximum absolute atomic E-state index is 15.2. The molecule has 4 heterocycles. The zero-order chi connectivity index (χ0) is 22.4. The lowest BCUT2D eigenvalue weighted by molar-refractivity contribution is 0.120. The maximum atomic E-state index is 15.2. The summed E-state index contributed by atoms with van der Waals surface area (Å²) in [5.74, 6) is 0.389. The number of aromatic amines is 1. The first-order valence-corrected chi connectivity index (χ1v) is 11.7. The standard InChI is InChI=1S/C24H27FN8/c1-15(31-24-21-23(28-13-27-21)29-14-30-24)18-12-19(25)17-6-3-7-26-20(17)22(18)33-10-8-32(9-11-33)16-4-2-5-16/h3,6-7,12-16H,2,4-5,8-11H2,1H3,(H2,27,28,29,30,31). The smallest absolute Gasteiger partial charge is 0.182 e. The first kappa shape index (κ1) is 20.3. The highest BCUT2D eigenvalue weighted by Crippen LogP contribution is 2.37. The Hall–Kier alpha value is -3.33. The van der Waals surface area contributed by atoms with Crippen LogP contribution < -0.4 is 10.2 Å². The highest BCUT2D eigenvalue weighted by molar-refractivity contribution is 5.94. The molecule has 2 N–H and O–H groups in total. The molecule has 1 aliphatic carbocycles. The van der Waals surface area contributed by atoms with Gasteiger partial charge in [0.15, 0.2) is 11.5 Å². The first-order chi connectivity index (χ1) is 16.2. The zero-order valence-electron chi connectivity index (χ0n) is 18.6. The number of hydrogen-bond donors (Lipinski definition) is 2. The SMILES string of the molecule is CC(Nc1ncnc2nc[nH]c12)c1cc(F)c2cccnc2c1N1CCN(C2CCC2)CC1. The van der Waals surface area contributed by atoms with Crippen molar-refractivity contribution in [2.45, 2.75) is 38.3 Å². The Morgan fingerprint density at radius 1 is 1.12 bits per heavy atom. The third kappa shape index (κ3) is 3.56. The molecular formula is C24H27FN8. The number of nitrogens with zero attached hydrogens (tertiary/aromatic N) is 6. The number of fused-ring (bicyclic) bond motifs is 2. The molecule has 1 saturated heterocycles. The van der Waals surface area contributed by atoms with E-state index in [4.69, 9.17) is 0 Å². The van der Waals surface area contributed by atoms with Crippen LogP contribution in [0, 0.1) is 5.82 Å². The molecule has 0 spiro atoms. The van der Waals surface area contributed by atoms with Crippen molar-refractivity contribution in [1.29, 1.82) is 0 Å². The fourth-order valence-corrected chi connectivity index (χ4v) is 5.09. The van der Waals surface area contributed by atoms with Crippen LogP contribution in [0.25, 0.3) is 22.1 Å². The molecule has 2 aliphatic rings. The van der Waals surface area contributed by atoms with Gasteiger partial charge in [-0.2, -0.15) is 0 Å². The predicted octanol–water partition coefficient (Wildman–Crippen LogP) is 3.89. The molecule has 4 aromatic rings. The van der Waals surface area contributed by atoms with Crippen molar-refractivity contribution in [3.05, 3.63) is 48.4 Å². The summed E-state index contributed by atoms with van der Waals surface area (Å²) < 4.78 is 15.2. The summed E-state index contributed by atoms with van der Waals surface area (Å²) in [6, 6.07) is 5.80. The molecule has 0 bridgehead atoms. The van der Waals surface area contributed by atoms with Gasteiger partial charge >= 0.3 is 0 Å². The fraction of sp³-hybridized carbons (Fsp3) is 0.417. The number of H-pyrrole nitrogens is 1. The van der Waals surface area contributed by atoms with E-state index in [0.29, 0.717) is 22.4 Å². The minimum absolute atomic E-state index is 0.202. The van der Waals surface area contributed by atoms with Gasteiger partial charge in [-0.25, -0.2) is 19.3 Å². The number of anilines is 2. The summed E-state index contributed by atoms with van der Waals surface area (Å²) in [6.45, 7) is 5.90. The normalized spacial score (nSPS) is 18.5. The lowest BCUT2D eigenvalue weighted by Gasteiger charge is -2.44. The van der Waals surface area contributed by atoms with Crippen molar-refractivity contribution >= 4 is 33.6 Å². The zero-order valence-corrected chi connectivity index (χ0v) is 18.6. The Balaban J connectivity index is 1.37. The summed E-state index contributed by atoms with van der Waals surface area (Å²) in [4.78, 5) is 25.5. The number of aromatic nitrogens is 5. The third-order valence-electron chi connectivity index (χ3n) is 7.11. The maximum Gasteiger partial charge on any atom is 0.182 e. The summed E-state index contributed by atoms with van der Waals surface area (Å²) in [5, 5.41) is 4.01. The number of piperazine rings is 1. The van der Waals surface area contributed by atoms with E-state index in [1.807, 2.05) is 13.0 Å². The number of imidazole rings is 1. The summed E-state index contributed by atoms with van der Waals surface area (Å²) >= 11 is 0. The number of benzene rings is 1. The number of hydrogen-bond acceptors (Lipinski definition) is 7. The van der Waals surface area contributed by atoms with Gasteiger partial charge in [-0.3, -0.25) is 9.88 Å². The molecule has 1 aliphatic heterocycles. The number of halogens is 1. The van der Waals surface area contributed by atoms with Crippen molar-refractivity contribution in [3.8, 4) is 0 Å². The van der Waals surface area contributed by atoms with Crippen LogP contribution in [-0.2, 0) is 0 Å². The first-order valence-electron chi connectivity index (χ1n) is 11.7. The highest BCUT2D eigenvalue weighted by atomic mass is 19.1. The fourth-order valence-electron chi connectivity index (χ4n) is 5.09. The molecule has 1 atom stereocenters. The van der Waals surface area contributed by atoms with Crippen LogP contribution in [0.15, 0.2) is 37.1 Å². The topological polar surface area (TPSA) is 85.9 Å². The molecule has 9 heteroatoms. The Morgan fingerprint density at radius 3 is 2.76 bits per heavy atom. The molecule has 170 valence electrons. The van der Waals surface area contributed by atoms with E-state index in [-0.39, 0.29) is 11.9 Å². The van der Waals surface area contributed by atoms with Crippen LogP contribution in [-0.4, -0.2) is 62.0 Å². The van der Waals surface area contributed by atoms with E-state index >= 15 is 4.39 Å². The second kappa shape index (κ2) is 8.22. The summed E-state index contributed by atoms with van der Waals surface area (Å²) in [7, 11) is 0. The Morgan fingerprint density at radius 2 is 1.97 bits per heavy atom. The van der Waals surface area contributed by atoms with E-state index in [1.165, 1.54) is 25.6 Å². The second-order valence-electron chi connectivity index (χ2n) is 8.99. The molecule has 1 unspecified atom stereocenters. The summed E-state index contributed by atoms with van der Waals surface area (Å²) in [5.41, 5.74) is 3.93. The average molecular weight is 447 g/mol. The Bertz CT molecular complexity index is 1290. The van der Waals surface area contributed by atoms with E-state index in [1.54, 1.807) is 24.7 Å². The van der Waals surface area contributed by atoms with E-state index in [2.05, 4.69) is 40.0 Å². The van der Waals surface area contributed by atoms with Crippen molar-refractivity contribution < 1.29 is 4.39 Å². The number of rotatable bonds is 5. The van der Waals surface area contributed by atoms with Crippen LogP contribution in [0.1, 0.15) is 37.8 Å². The largest absolute Gasteiger partial charge is 0.367 e. The average Bonchev–Trinajstić information content (AvgIpc) is 3.29. The minimum atomic E-state index is -0.257. The lowest BCUT2D eigenvalue weighted by Crippen LogP contribution is -2.52. The molecule has 6 rings (SSSR count). The Kier molecular flexibility index (Phi) is 5.05. The molecule has 33 heavy (non-hydrogen) atoms. The molecular weight excluding hydrogens is 419 g/mol. The van der Waals surface area contributed by atoms with Gasteiger partial charge in [-0.15, -0.1) is 0 Å². The monoisotopic (exact) mass is 446 g/mol. The van der Waals surface area contributed by atoms with Gasteiger partial charge in [0, 0.05) is 49.4 Å². The molecule has 2 fully saturated rings. The molecule has 1 aromatic carbocycles. The minimum Gasteiger partial charge on any atom is -0.367 e. The van der Waals surface area contributed by atoms with Crippen molar-refractivity contribution in [1.82, 2.24) is 29.8 Å². The van der Waals surface area contributed by atoms with Crippen LogP contribution in [0.2, 0.25) is 0 Å². The van der Waals surface area contributed by atoms with Crippen molar-refractivity contribution in [2.75, 3.05) is 36.4 Å². The van der Waals surface area contributed by atoms with Gasteiger partial charge < -0.3 is 15.2 Å². The molecule has 0 radical (unpaired) electrons. The van der Waals surface area contributed by atoms with Gasteiger partial charge in [0.05, 0.1) is 23.6 Å². The van der Waals surface area contributed by atoms with E-state index in [9.17, 15) is 0 Å². The molecule has 3 aromatic heterocycles. The van der Waals surface area contributed by atoms with Crippen LogP contribution in [0.3, 0.4) is 0 Å². The van der Waals surface area contributed by atoms with Crippen LogP contribution >= 0.6 is 0 Å². The highest BCUT2D eigenvalue weighted by Gasteiger charge is 2.30. The van der Waals surface area contributed by atoms with Crippen LogP contribution in [0.4, 0.5) is 15.9 Å². The molecule has 8 nitrogen and oxygen atoms in total. The van der Waals surface area contributed by atoms with Crippen LogP contribution in [0.5, 0.6) is 0 Å². The van der Waals surface area contributed by atoms with Gasteiger partial charge in [0.1, 0.15) is 17.7 Å². The van der Waals surface area contributed by atoms with E-state index in [0.717, 1.165) is 49.0 Å². The molecule has 1 saturated carbocycles. The van der Waals surface area contributed by atoms with Crippen molar-refractivity contribution in [3.63, 3.8) is 0 Å². The van der Waals surface area contributed by atoms with Gasteiger partial charge in [0.25, 0.3) is 0 Å². The summed E-state index contributed by atoms with van der Waals surface area (Å²) in [6.07, 6.45) is 8.80. The second-order valence-corrected chi connectivity index (χ2v) is 8.99. The van der Waals surface area contributed by atoms with Crippen molar-refractivity contribution in [2.24, 2.45) is 0 Å². The number of pyridine rings is 1. The number of nitrogens with one attached hydrogen (secondary N) is 2. The van der Waals surface area contributed by atoms with Gasteiger partial charge in [-0.1, -0.05) is 6.42 Å². The Labute approximate surface area is 191 Å². The van der Waals surface area contributed by atoms with Gasteiger partial charge in [0.2, 0.25) is 0 Å². The third-order valence-corrected chi connectivity index (χ3v) is 7.11. The molecule has 0 amide bonds.